The van der Waals surface area contributed by atoms with Gasteiger partial charge in [-0.15, -0.1) is 30.6 Å². The minimum absolute atomic E-state index is 0.0764. The summed E-state index contributed by atoms with van der Waals surface area (Å²) in [7, 11) is 7.17. The summed E-state index contributed by atoms with van der Waals surface area (Å²) in [5, 5.41) is 36.7. The monoisotopic (exact) mass is 659 g/mol. The zero-order valence-electron chi connectivity index (χ0n) is 29.3. The smallest absolute Gasteiger partial charge is 0.342 e. The zero-order chi connectivity index (χ0) is 35.1. The lowest BCUT2D eigenvalue weighted by atomic mass is 10.4. The van der Waals surface area contributed by atoms with Crippen LogP contribution in [-0.4, -0.2) is 74.4 Å². The van der Waals surface area contributed by atoms with Gasteiger partial charge in [0.1, 0.15) is 28.9 Å². The van der Waals surface area contributed by atoms with Gasteiger partial charge in [0, 0.05) is 43.6 Å². The quantitative estimate of drug-likeness (QED) is 0.230. The Morgan fingerprint density at radius 3 is 1.15 bits per heavy atom. The maximum atomic E-state index is 10.9. The van der Waals surface area contributed by atoms with E-state index >= 15 is 0 Å². The maximum absolute atomic E-state index is 10.9. The first-order valence-corrected chi connectivity index (χ1v) is 14.7. The topological polar surface area (TPSA) is 205 Å². The van der Waals surface area contributed by atoms with Crippen LogP contribution in [0.4, 0.5) is 0 Å². The van der Waals surface area contributed by atoms with Crippen LogP contribution in [0.3, 0.4) is 0 Å². The SMILES string of the molecule is Cc1nn(C)c(=O)n1C.Cc1nnc(C)n1C.Cc1nnn(C)c1C.Cc1nnoc1C.Cc1nnoc1C.Cc1nnsc1C. The van der Waals surface area contributed by atoms with E-state index in [0.29, 0.717) is 0 Å². The van der Waals surface area contributed by atoms with Gasteiger partial charge >= 0.3 is 5.69 Å². The molecule has 0 aliphatic carbocycles. The molecule has 0 saturated heterocycles. The molecule has 19 heteroatoms. The van der Waals surface area contributed by atoms with Gasteiger partial charge < -0.3 is 13.6 Å². The average Bonchev–Trinajstić information content (AvgIpc) is 3.86. The van der Waals surface area contributed by atoms with Crippen molar-refractivity contribution in [2.24, 2.45) is 28.2 Å². The summed E-state index contributed by atoms with van der Waals surface area (Å²) in [6.45, 7) is 20.9. The van der Waals surface area contributed by atoms with Crippen molar-refractivity contribution >= 4 is 11.5 Å². The molecule has 0 aliphatic heterocycles. The summed E-state index contributed by atoms with van der Waals surface area (Å²) < 4.78 is 19.4. The first-order valence-electron chi connectivity index (χ1n) is 14.0. The van der Waals surface area contributed by atoms with E-state index in [1.54, 1.807) is 25.7 Å². The van der Waals surface area contributed by atoms with E-state index in [9.17, 15) is 4.79 Å². The first-order chi connectivity index (χ1) is 21.5. The van der Waals surface area contributed by atoms with Gasteiger partial charge in [0.15, 0.2) is 11.5 Å². The second kappa shape index (κ2) is 18.8. The highest BCUT2D eigenvalue weighted by Crippen LogP contribution is 2.04. The van der Waals surface area contributed by atoms with Gasteiger partial charge in [0.2, 0.25) is 0 Å². The number of aromatic nitrogens is 15. The molecular formula is C27H45N15O3S. The van der Waals surface area contributed by atoms with Crippen LogP contribution in [-0.2, 0) is 28.2 Å². The minimum Gasteiger partial charge on any atom is -0.342 e. The molecular weight excluding hydrogens is 614 g/mol. The molecule has 6 aromatic heterocycles. The number of nitrogens with zero attached hydrogens (tertiary/aromatic N) is 15. The molecule has 46 heavy (non-hydrogen) atoms. The summed E-state index contributed by atoms with van der Waals surface area (Å²) in [6.07, 6.45) is 0. The first kappa shape index (κ1) is 39.1. The van der Waals surface area contributed by atoms with Crippen LogP contribution in [0.15, 0.2) is 13.8 Å². The third-order valence-electron chi connectivity index (χ3n) is 6.63. The third kappa shape index (κ3) is 12.6. The van der Waals surface area contributed by atoms with Crippen molar-refractivity contribution in [3.63, 3.8) is 0 Å². The van der Waals surface area contributed by atoms with Crippen LogP contribution < -0.4 is 5.69 Å². The number of aryl methyl sites for hydroxylation is 12. The fourth-order valence-corrected chi connectivity index (χ4v) is 3.00. The Kier molecular flexibility index (Phi) is 15.9. The van der Waals surface area contributed by atoms with Gasteiger partial charge in [-0.1, -0.05) is 9.70 Å². The van der Waals surface area contributed by atoms with Crippen LogP contribution in [0.2, 0.25) is 0 Å². The lowest BCUT2D eigenvalue weighted by Gasteiger charge is -1.90. The van der Waals surface area contributed by atoms with Gasteiger partial charge in [-0.05, 0) is 87.7 Å². The predicted molar refractivity (Wildman–Crippen MR) is 171 cm³/mol. The Balaban J connectivity index is 0.000000277. The lowest BCUT2D eigenvalue weighted by Crippen LogP contribution is -2.20. The number of rotatable bonds is 0. The van der Waals surface area contributed by atoms with Gasteiger partial charge in [-0.2, -0.15) is 5.10 Å². The van der Waals surface area contributed by atoms with Crippen LogP contribution in [0.5, 0.6) is 0 Å². The molecule has 6 aromatic rings. The Morgan fingerprint density at radius 2 is 1.04 bits per heavy atom. The molecule has 0 N–H and O–H groups in total. The predicted octanol–water partition coefficient (Wildman–Crippen LogP) is 2.82. The molecule has 0 saturated carbocycles. The molecule has 0 radical (unpaired) electrons. The Hall–Kier alpha value is -4.94. The zero-order valence-corrected chi connectivity index (χ0v) is 30.2. The Morgan fingerprint density at radius 1 is 0.543 bits per heavy atom. The molecule has 0 amide bonds. The van der Waals surface area contributed by atoms with Crippen molar-refractivity contribution in [2.75, 3.05) is 0 Å². The van der Waals surface area contributed by atoms with E-state index in [4.69, 9.17) is 0 Å². The molecule has 0 aromatic carbocycles. The average molecular weight is 660 g/mol. The molecule has 0 fully saturated rings. The second-order valence-electron chi connectivity index (χ2n) is 9.99. The fraction of sp³-hybridized carbons (Fsp3) is 0.556. The molecule has 0 bridgehead atoms. The van der Waals surface area contributed by atoms with E-state index in [-0.39, 0.29) is 5.69 Å². The molecule has 6 heterocycles. The van der Waals surface area contributed by atoms with Crippen molar-refractivity contribution in [1.29, 1.82) is 0 Å². The van der Waals surface area contributed by atoms with E-state index in [2.05, 4.69) is 65.0 Å². The Bertz CT molecular complexity index is 1580. The normalized spacial score (nSPS) is 9.72. The van der Waals surface area contributed by atoms with Crippen molar-refractivity contribution in [3.8, 4) is 0 Å². The summed E-state index contributed by atoms with van der Waals surface area (Å²) in [4.78, 5) is 12.1. The second-order valence-corrected chi connectivity index (χ2v) is 11.0. The van der Waals surface area contributed by atoms with Gasteiger partial charge in [-0.25, -0.2) is 9.48 Å². The molecule has 0 atom stereocenters. The van der Waals surface area contributed by atoms with E-state index in [1.807, 2.05) is 87.9 Å². The summed E-state index contributed by atoms with van der Waals surface area (Å²) in [5.41, 5.74) is 4.83. The van der Waals surface area contributed by atoms with E-state index < -0.39 is 0 Å². The van der Waals surface area contributed by atoms with E-state index in [1.165, 1.54) is 25.7 Å². The molecule has 0 spiro atoms. The summed E-state index contributed by atoms with van der Waals surface area (Å²) in [5.74, 6) is 4.24. The molecule has 18 nitrogen and oxygen atoms in total. The molecule has 252 valence electrons. The van der Waals surface area contributed by atoms with Gasteiger partial charge in [0.25, 0.3) is 0 Å². The number of hydrogen-bond donors (Lipinski definition) is 0. The largest absolute Gasteiger partial charge is 0.345 e. The molecule has 0 aliphatic rings. The van der Waals surface area contributed by atoms with Crippen LogP contribution in [0.1, 0.15) is 62.3 Å². The summed E-state index contributed by atoms with van der Waals surface area (Å²) >= 11 is 1.44. The van der Waals surface area contributed by atoms with Crippen molar-refractivity contribution in [3.05, 3.63) is 72.8 Å². The van der Waals surface area contributed by atoms with Gasteiger partial charge in [0.05, 0.1) is 17.1 Å². The standard InChI is InChI=1S/C5H9N3O.2C5H9N3.2C4H6N2O.C4H6N2S/c1-4-6-8(3)5(9)7(4)2;1-4-6-7-5(2)8(4)3;1-4-5(2)8(3)7-6-4;3*1-3-4(2)7-6-5-3/h1-3H3;2*1-3H3;3*1-2H3. The fourth-order valence-electron chi connectivity index (χ4n) is 2.54. The molecule has 0 unspecified atom stereocenters. The van der Waals surface area contributed by atoms with Crippen LogP contribution in [0.25, 0.3) is 0 Å². The van der Waals surface area contributed by atoms with E-state index in [0.717, 1.165) is 57.5 Å². The van der Waals surface area contributed by atoms with Crippen LogP contribution >= 0.6 is 11.5 Å². The lowest BCUT2D eigenvalue weighted by molar-refractivity contribution is 0.373. The Labute approximate surface area is 272 Å². The highest BCUT2D eigenvalue weighted by atomic mass is 32.1. The van der Waals surface area contributed by atoms with Gasteiger partial charge in [-0.3, -0.25) is 9.25 Å². The number of hydrogen-bond acceptors (Lipinski definition) is 15. The van der Waals surface area contributed by atoms with Crippen molar-refractivity contribution in [2.45, 2.75) is 76.2 Å². The third-order valence-corrected chi connectivity index (χ3v) is 7.36. The highest BCUT2D eigenvalue weighted by Gasteiger charge is 1.99. The highest BCUT2D eigenvalue weighted by molar-refractivity contribution is 7.05. The molecule has 6 rings (SSSR count). The van der Waals surface area contributed by atoms with Crippen LogP contribution in [0, 0.1) is 76.2 Å². The van der Waals surface area contributed by atoms with Crippen molar-refractivity contribution < 1.29 is 9.05 Å². The van der Waals surface area contributed by atoms with Crippen molar-refractivity contribution in [1.82, 2.24) is 74.4 Å². The summed E-state index contributed by atoms with van der Waals surface area (Å²) in [6, 6.07) is 0. The maximum Gasteiger partial charge on any atom is 0.345 e. The minimum atomic E-state index is -0.0764.